The smallest absolute Gasteiger partial charge is 0.289 e. The van der Waals surface area contributed by atoms with E-state index in [2.05, 4.69) is 11.4 Å². The van der Waals surface area contributed by atoms with Gasteiger partial charge in [0.1, 0.15) is 18.0 Å². The van der Waals surface area contributed by atoms with Crippen LogP contribution in [0.4, 0.5) is 11.4 Å². The molecule has 10 nitrogen and oxygen atoms in total. The van der Waals surface area contributed by atoms with Gasteiger partial charge >= 0.3 is 0 Å². The number of para-hydroxylation sites is 1. The first-order valence-electron chi connectivity index (χ1n) is 11.2. The number of carbonyl (C=O) groups is 1. The molecule has 2 aromatic rings. The Kier molecular flexibility index (Phi) is 8.69. The number of rotatable bonds is 11. The van der Waals surface area contributed by atoms with Crippen LogP contribution in [0.2, 0.25) is 0 Å². The topological polar surface area (TPSA) is 128 Å². The summed E-state index contributed by atoms with van der Waals surface area (Å²) in [7, 11) is -1.72. The summed E-state index contributed by atoms with van der Waals surface area (Å²) in [5.74, 6) is 0.00644. The predicted octanol–water partition coefficient (Wildman–Crippen LogP) is 3.81. The summed E-state index contributed by atoms with van der Waals surface area (Å²) in [6, 6.07) is 9.45. The lowest BCUT2D eigenvalue weighted by Crippen LogP contribution is -2.41. The van der Waals surface area contributed by atoms with Gasteiger partial charge in [0.25, 0.3) is 15.7 Å². The first kappa shape index (κ1) is 26.0. The number of nitrogens with zero attached hydrogens (tertiary/aromatic N) is 2. The van der Waals surface area contributed by atoms with Crippen LogP contribution in [0.15, 0.2) is 59.0 Å². The average molecular weight is 504 g/mol. The molecule has 3 rings (SSSR count). The second-order valence-electron chi connectivity index (χ2n) is 7.98. The molecule has 0 unspecified atom stereocenters. The maximum atomic E-state index is 13.7. The number of benzene rings is 2. The molecule has 0 saturated heterocycles. The quantitative estimate of drug-likeness (QED) is 0.280. The van der Waals surface area contributed by atoms with Crippen molar-refractivity contribution in [3.63, 3.8) is 0 Å². The zero-order valence-electron chi connectivity index (χ0n) is 19.7. The van der Waals surface area contributed by atoms with Crippen molar-refractivity contribution in [3.05, 3.63) is 64.2 Å². The molecule has 0 heterocycles. The molecule has 0 bridgehead atoms. The number of anilines is 1. The number of nitro groups is 1. The fourth-order valence-corrected chi connectivity index (χ4v) is 5.51. The second-order valence-corrected chi connectivity index (χ2v) is 9.81. The van der Waals surface area contributed by atoms with Crippen LogP contribution in [-0.4, -0.2) is 46.6 Å². The molecular formula is C24H29N3O7S. The molecule has 1 aliphatic rings. The van der Waals surface area contributed by atoms with Crippen molar-refractivity contribution in [2.24, 2.45) is 0 Å². The van der Waals surface area contributed by atoms with Crippen molar-refractivity contribution in [1.29, 1.82) is 0 Å². The minimum Gasteiger partial charge on any atom is -0.497 e. The highest BCUT2D eigenvalue weighted by atomic mass is 32.2. The van der Waals surface area contributed by atoms with Crippen molar-refractivity contribution < 1.29 is 27.6 Å². The highest BCUT2D eigenvalue weighted by molar-refractivity contribution is 7.93. The molecular weight excluding hydrogens is 474 g/mol. The van der Waals surface area contributed by atoms with Gasteiger partial charge in [0.15, 0.2) is 4.90 Å². The molecule has 11 heteroatoms. The summed E-state index contributed by atoms with van der Waals surface area (Å²) in [4.78, 5) is 23.1. The van der Waals surface area contributed by atoms with Gasteiger partial charge in [0, 0.05) is 18.7 Å². The maximum Gasteiger partial charge on any atom is 0.289 e. The number of sulfonamides is 1. The Bertz CT molecular complexity index is 1210. The zero-order valence-corrected chi connectivity index (χ0v) is 20.5. The van der Waals surface area contributed by atoms with Gasteiger partial charge in [-0.05, 0) is 50.3 Å². The molecule has 0 spiro atoms. The summed E-state index contributed by atoms with van der Waals surface area (Å²) in [5.41, 5.74) is 0.740. The highest BCUT2D eigenvalue weighted by Gasteiger charge is 2.34. The van der Waals surface area contributed by atoms with Crippen LogP contribution < -0.4 is 19.1 Å². The lowest BCUT2D eigenvalue weighted by atomic mass is 9.97. The third-order valence-corrected chi connectivity index (χ3v) is 7.53. The van der Waals surface area contributed by atoms with Crippen molar-refractivity contribution in [3.8, 4) is 11.5 Å². The molecule has 1 aliphatic carbocycles. The number of nitrogens with one attached hydrogen (secondary N) is 1. The van der Waals surface area contributed by atoms with Gasteiger partial charge in [-0.25, -0.2) is 8.42 Å². The zero-order chi connectivity index (χ0) is 25.4. The van der Waals surface area contributed by atoms with Gasteiger partial charge in [-0.15, -0.1) is 0 Å². The summed E-state index contributed by atoms with van der Waals surface area (Å²) < 4.78 is 38.7. The van der Waals surface area contributed by atoms with Crippen LogP contribution in [0, 0.1) is 10.1 Å². The van der Waals surface area contributed by atoms with E-state index in [-0.39, 0.29) is 11.4 Å². The van der Waals surface area contributed by atoms with E-state index < -0.39 is 38.0 Å². The van der Waals surface area contributed by atoms with Crippen LogP contribution in [0.5, 0.6) is 11.5 Å². The van der Waals surface area contributed by atoms with Gasteiger partial charge in [0.05, 0.1) is 24.8 Å². The van der Waals surface area contributed by atoms with Crippen LogP contribution in [0.3, 0.4) is 0 Å². The first-order valence-corrected chi connectivity index (χ1v) is 12.6. The predicted molar refractivity (Wildman–Crippen MR) is 131 cm³/mol. The standard InChI is InChI=1S/C24H29N3O7S/c1-33-19-12-13-20(22(16-19)34-2)26(17-24(28)25-15-14-18-8-4-3-5-9-18)35(31,32)23-11-7-6-10-21(23)27(29)30/h6-8,10-13,16H,3-5,9,14-15,17H2,1-2H3,(H,25,28). The molecule has 0 atom stereocenters. The Morgan fingerprint density at radius 1 is 1.14 bits per heavy atom. The number of allylic oxidation sites excluding steroid dienone is 1. The van der Waals surface area contributed by atoms with E-state index in [0.29, 0.717) is 18.7 Å². The molecule has 188 valence electrons. The maximum absolute atomic E-state index is 13.7. The van der Waals surface area contributed by atoms with E-state index in [9.17, 15) is 23.3 Å². The van der Waals surface area contributed by atoms with E-state index in [1.54, 1.807) is 0 Å². The normalized spacial score (nSPS) is 13.5. The fraction of sp³-hybridized carbons (Fsp3) is 0.375. The molecule has 0 radical (unpaired) electrons. The minimum atomic E-state index is -4.52. The number of hydrogen-bond acceptors (Lipinski definition) is 7. The number of ether oxygens (including phenoxy) is 2. The van der Waals surface area contributed by atoms with Crippen LogP contribution in [0.25, 0.3) is 0 Å². The van der Waals surface area contributed by atoms with Crippen molar-refractivity contribution in [2.45, 2.75) is 37.0 Å². The number of hydrogen-bond donors (Lipinski definition) is 1. The molecule has 2 aromatic carbocycles. The monoisotopic (exact) mass is 503 g/mol. The fourth-order valence-electron chi connectivity index (χ4n) is 3.92. The largest absolute Gasteiger partial charge is 0.497 e. The first-order chi connectivity index (χ1) is 16.8. The Morgan fingerprint density at radius 3 is 2.57 bits per heavy atom. The molecule has 35 heavy (non-hydrogen) atoms. The summed E-state index contributed by atoms with van der Waals surface area (Å²) in [5, 5.41) is 14.3. The van der Waals surface area contributed by atoms with E-state index in [4.69, 9.17) is 9.47 Å². The summed E-state index contributed by atoms with van der Waals surface area (Å²) in [6.07, 6.45) is 7.19. The molecule has 1 amide bonds. The number of amides is 1. The molecule has 0 fully saturated rings. The lowest BCUT2D eigenvalue weighted by Gasteiger charge is -2.26. The van der Waals surface area contributed by atoms with Crippen molar-refractivity contribution in [2.75, 3.05) is 31.6 Å². The van der Waals surface area contributed by atoms with Crippen LogP contribution in [-0.2, 0) is 14.8 Å². The van der Waals surface area contributed by atoms with Gasteiger partial charge < -0.3 is 14.8 Å². The summed E-state index contributed by atoms with van der Waals surface area (Å²) >= 11 is 0. The minimum absolute atomic E-state index is 0.0524. The Morgan fingerprint density at radius 2 is 1.91 bits per heavy atom. The molecule has 1 N–H and O–H groups in total. The van der Waals surface area contributed by atoms with Gasteiger partial charge in [0.2, 0.25) is 5.91 Å². The van der Waals surface area contributed by atoms with Gasteiger partial charge in [-0.2, -0.15) is 0 Å². The van der Waals surface area contributed by atoms with E-state index in [0.717, 1.165) is 42.1 Å². The van der Waals surface area contributed by atoms with E-state index in [1.807, 2.05) is 0 Å². The summed E-state index contributed by atoms with van der Waals surface area (Å²) in [6.45, 7) is -0.222. The van der Waals surface area contributed by atoms with Crippen LogP contribution >= 0.6 is 0 Å². The van der Waals surface area contributed by atoms with E-state index >= 15 is 0 Å². The Hall–Kier alpha value is -3.60. The number of carbonyl (C=O) groups excluding carboxylic acids is 1. The van der Waals surface area contributed by atoms with Crippen molar-refractivity contribution in [1.82, 2.24) is 5.32 Å². The third-order valence-electron chi connectivity index (χ3n) is 5.73. The van der Waals surface area contributed by atoms with E-state index in [1.165, 1.54) is 50.1 Å². The SMILES string of the molecule is COc1ccc(N(CC(=O)NCCC2=CCCCC2)S(=O)(=O)c2ccccc2[N+](=O)[O-])c(OC)c1. The van der Waals surface area contributed by atoms with Gasteiger partial charge in [-0.3, -0.25) is 19.2 Å². The third kappa shape index (κ3) is 6.30. The molecule has 0 aromatic heterocycles. The highest BCUT2D eigenvalue weighted by Crippen LogP contribution is 2.37. The van der Waals surface area contributed by atoms with Crippen molar-refractivity contribution >= 4 is 27.3 Å². The number of nitro benzene ring substituents is 1. The lowest BCUT2D eigenvalue weighted by molar-refractivity contribution is -0.387. The number of methoxy groups -OCH3 is 2. The molecule has 0 aliphatic heterocycles. The Balaban J connectivity index is 1.94. The second kappa shape index (κ2) is 11.7. The average Bonchev–Trinajstić information content (AvgIpc) is 2.87. The van der Waals surface area contributed by atoms with Gasteiger partial charge in [-0.1, -0.05) is 23.8 Å². The molecule has 0 saturated carbocycles. The van der Waals surface area contributed by atoms with Crippen LogP contribution in [0.1, 0.15) is 32.1 Å². The Labute approximate surface area is 204 Å².